The van der Waals surface area contributed by atoms with Crippen molar-refractivity contribution in [2.75, 3.05) is 12.3 Å². The van der Waals surface area contributed by atoms with E-state index in [2.05, 4.69) is 90.3 Å². The van der Waals surface area contributed by atoms with E-state index in [0.29, 0.717) is 11.8 Å². The van der Waals surface area contributed by atoms with Crippen LogP contribution in [0.2, 0.25) is 0 Å². The van der Waals surface area contributed by atoms with Gasteiger partial charge in [0.05, 0.1) is 4.08 Å². The second-order valence-corrected chi connectivity index (χ2v) is 10.3. The van der Waals surface area contributed by atoms with Crippen molar-refractivity contribution in [1.29, 1.82) is 0 Å². The fraction of sp³-hybridized carbons (Fsp3) is 0.391. The molecule has 26 heavy (non-hydrogen) atoms. The first-order valence-electron chi connectivity index (χ1n) is 9.68. The van der Waals surface area contributed by atoms with Crippen molar-refractivity contribution >= 4 is 28.4 Å². The summed E-state index contributed by atoms with van der Waals surface area (Å²) in [5, 5.41) is 0. The minimum atomic E-state index is 0.262. The zero-order valence-corrected chi connectivity index (χ0v) is 16.8. The summed E-state index contributed by atoms with van der Waals surface area (Å²) in [6, 6.07) is 22.0. The molecule has 4 rings (SSSR count). The quantitative estimate of drug-likeness (QED) is 0.674. The second-order valence-electron chi connectivity index (χ2n) is 7.24. The van der Waals surface area contributed by atoms with Gasteiger partial charge in [-0.25, -0.2) is 0 Å². The number of benzene rings is 2. The van der Waals surface area contributed by atoms with E-state index in [1.165, 1.54) is 41.7 Å². The van der Waals surface area contributed by atoms with Gasteiger partial charge >= 0.3 is 0 Å². The highest BCUT2D eigenvalue weighted by Crippen LogP contribution is 2.63. The van der Waals surface area contributed by atoms with Crippen LogP contribution in [-0.4, -0.2) is 16.4 Å². The van der Waals surface area contributed by atoms with Crippen molar-refractivity contribution in [3.63, 3.8) is 0 Å². The van der Waals surface area contributed by atoms with Gasteiger partial charge in [-0.2, -0.15) is 0 Å². The van der Waals surface area contributed by atoms with Gasteiger partial charge < -0.3 is 5.73 Å². The molecule has 1 saturated carbocycles. The SMILES string of the molecule is NCCS[C@@]12CCCC[C@H]1[C@@H](c1ccccc1)C=C(c1ccccc1)S2. The first kappa shape index (κ1) is 18.2. The molecule has 0 bridgehead atoms. The lowest BCUT2D eigenvalue weighted by Crippen LogP contribution is -2.40. The van der Waals surface area contributed by atoms with Gasteiger partial charge in [-0.15, -0.1) is 23.5 Å². The van der Waals surface area contributed by atoms with Crippen molar-refractivity contribution < 1.29 is 0 Å². The van der Waals surface area contributed by atoms with Crippen LogP contribution in [0.5, 0.6) is 0 Å². The largest absolute Gasteiger partial charge is 0.330 e. The standard InChI is InChI=1S/C23H27NS2/c24-15-16-25-23-14-8-7-13-21(23)20(18-9-3-1-4-10-18)17-22(26-23)19-11-5-2-6-12-19/h1-6,9-12,17,20-21H,7-8,13-16,24H2/t20-,21+,23-/m1/s1. The summed E-state index contributed by atoms with van der Waals surface area (Å²) in [6.45, 7) is 0.764. The maximum atomic E-state index is 5.91. The summed E-state index contributed by atoms with van der Waals surface area (Å²) >= 11 is 4.25. The molecular weight excluding hydrogens is 354 g/mol. The lowest BCUT2D eigenvalue weighted by atomic mass is 9.75. The van der Waals surface area contributed by atoms with Crippen LogP contribution in [0.25, 0.3) is 4.91 Å². The lowest BCUT2D eigenvalue weighted by molar-refractivity contribution is 0.320. The molecule has 0 aromatic heterocycles. The van der Waals surface area contributed by atoms with E-state index in [1.54, 1.807) is 0 Å². The molecule has 0 radical (unpaired) electrons. The average molecular weight is 382 g/mol. The van der Waals surface area contributed by atoms with Gasteiger partial charge in [0.2, 0.25) is 0 Å². The third kappa shape index (κ3) is 3.62. The summed E-state index contributed by atoms with van der Waals surface area (Å²) in [5.41, 5.74) is 8.73. The minimum Gasteiger partial charge on any atom is -0.330 e. The highest BCUT2D eigenvalue weighted by Gasteiger charge is 2.48. The zero-order valence-electron chi connectivity index (χ0n) is 15.1. The first-order chi connectivity index (χ1) is 12.8. The smallest absolute Gasteiger partial charge is 0.0695 e. The number of rotatable bonds is 5. The van der Waals surface area contributed by atoms with E-state index in [0.717, 1.165) is 12.3 Å². The molecule has 2 N–H and O–H groups in total. The molecule has 0 unspecified atom stereocenters. The summed E-state index contributed by atoms with van der Waals surface area (Å²) in [7, 11) is 0. The first-order valence-corrected chi connectivity index (χ1v) is 11.5. The Morgan fingerprint density at radius 1 is 1.00 bits per heavy atom. The fourth-order valence-electron chi connectivity index (χ4n) is 4.42. The van der Waals surface area contributed by atoms with E-state index in [-0.39, 0.29) is 4.08 Å². The number of allylic oxidation sites excluding steroid dienone is 1. The summed E-state index contributed by atoms with van der Waals surface area (Å²) in [4.78, 5) is 1.45. The van der Waals surface area contributed by atoms with Crippen molar-refractivity contribution in [3.05, 3.63) is 77.9 Å². The molecule has 0 amide bonds. The van der Waals surface area contributed by atoms with Crippen molar-refractivity contribution in [2.45, 2.75) is 35.7 Å². The number of hydrogen-bond donors (Lipinski definition) is 1. The molecule has 0 saturated heterocycles. The molecule has 2 aliphatic rings. The lowest BCUT2D eigenvalue weighted by Gasteiger charge is -2.49. The molecule has 136 valence electrons. The fourth-order valence-corrected chi connectivity index (χ4v) is 7.91. The van der Waals surface area contributed by atoms with Crippen LogP contribution in [0.3, 0.4) is 0 Å². The van der Waals surface area contributed by atoms with E-state index in [9.17, 15) is 0 Å². The molecule has 2 aromatic carbocycles. The van der Waals surface area contributed by atoms with Gasteiger partial charge in [0, 0.05) is 23.1 Å². The van der Waals surface area contributed by atoms with Crippen LogP contribution >= 0.6 is 23.5 Å². The molecule has 2 aromatic rings. The Labute approximate surface area is 165 Å². The number of fused-ring (bicyclic) bond motifs is 1. The molecule has 1 fully saturated rings. The topological polar surface area (TPSA) is 26.0 Å². The molecule has 1 nitrogen and oxygen atoms in total. The molecule has 3 atom stereocenters. The highest BCUT2D eigenvalue weighted by atomic mass is 32.2. The van der Waals surface area contributed by atoms with Crippen LogP contribution < -0.4 is 5.73 Å². The minimum absolute atomic E-state index is 0.262. The zero-order chi connectivity index (χ0) is 17.8. The van der Waals surface area contributed by atoms with Gasteiger partial charge in [0.1, 0.15) is 0 Å². The van der Waals surface area contributed by atoms with Crippen molar-refractivity contribution in [1.82, 2.24) is 0 Å². The van der Waals surface area contributed by atoms with E-state index in [1.807, 2.05) is 0 Å². The van der Waals surface area contributed by atoms with Crippen molar-refractivity contribution in [2.24, 2.45) is 11.7 Å². The Morgan fingerprint density at radius 2 is 1.73 bits per heavy atom. The van der Waals surface area contributed by atoms with Crippen LogP contribution in [0.15, 0.2) is 66.7 Å². The molecular formula is C23H27NS2. The third-order valence-corrected chi connectivity index (χ3v) is 9.09. The van der Waals surface area contributed by atoms with Crippen LogP contribution in [0.1, 0.15) is 42.7 Å². The number of hydrogen-bond acceptors (Lipinski definition) is 3. The Bertz CT molecular complexity index is 743. The summed E-state index contributed by atoms with van der Waals surface area (Å²) < 4.78 is 0.262. The molecule has 1 aliphatic heterocycles. The molecule has 1 heterocycles. The molecule has 0 spiro atoms. The summed E-state index contributed by atoms with van der Waals surface area (Å²) in [6.07, 6.45) is 7.86. The molecule has 1 aliphatic carbocycles. The maximum absolute atomic E-state index is 5.91. The predicted molar refractivity (Wildman–Crippen MR) is 117 cm³/mol. The average Bonchev–Trinajstić information content (AvgIpc) is 2.72. The van der Waals surface area contributed by atoms with Crippen molar-refractivity contribution in [3.8, 4) is 0 Å². The normalized spacial score (nSPS) is 28.3. The summed E-state index contributed by atoms with van der Waals surface area (Å²) in [5.74, 6) is 2.23. The molecule has 3 heteroatoms. The van der Waals surface area contributed by atoms with Gasteiger partial charge in [-0.3, -0.25) is 0 Å². The van der Waals surface area contributed by atoms with E-state index < -0.39 is 0 Å². The van der Waals surface area contributed by atoms with Gasteiger partial charge in [-0.05, 0) is 29.9 Å². The van der Waals surface area contributed by atoms with E-state index >= 15 is 0 Å². The van der Waals surface area contributed by atoms with Crippen LogP contribution in [0.4, 0.5) is 0 Å². The predicted octanol–water partition coefficient (Wildman–Crippen LogP) is 6.14. The highest BCUT2D eigenvalue weighted by molar-refractivity contribution is 8.22. The third-order valence-electron chi connectivity index (χ3n) is 5.61. The Balaban J connectivity index is 1.79. The maximum Gasteiger partial charge on any atom is 0.0695 e. The monoisotopic (exact) mass is 381 g/mol. The Morgan fingerprint density at radius 3 is 2.46 bits per heavy atom. The Hall–Kier alpha value is -1.16. The van der Waals surface area contributed by atoms with E-state index in [4.69, 9.17) is 5.73 Å². The number of nitrogens with two attached hydrogens (primary N) is 1. The van der Waals surface area contributed by atoms with Gasteiger partial charge in [-0.1, -0.05) is 79.6 Å². The van der Waals surface area contributed by atoms with Crippen LogP contribution in [0, 0.1) is 5.92 Å². The van der Waals surface area contributed by atoms with Gasteiger partial charge in [0.25, 0.3) is 0 Å². The van der Waals surface area contributed by atoms with Crippen LogP contribution in [-0.2, 0) is 0 Å². The Kier molecular flexibility index (Phi) is 5.78. The number of thioether (sulfide) groups is 2. The van der Waals surface area contributed by atoms with Gasteiger partial charge in [0.15, 0.2) is 0 Å². The second kappa shape index (κ2) is 8.24.